The molecule has 3 N–H and O–H groups in total. The van der Waals surface area contributed by atoms with E-state index in [1.807, 2.05) is 6.92 Å². The second-order valence-corrected chi connectivity index (χ2v) is 6.50. The minimum Gasteiger partial charge on any atom is -0.355 e. The maximum atomic E-state index is 12.3. The first kappa shape index (κ1) is 14.8. The molecule has 2 rings (SSSR count). The lowest BCUT2D eigenvalue weighted by molar-refractivity contribution is -0.130. The van der Waals surface area contributed by atoms with Gasteiger partial charge < -0.3 is 16.0 Å². The fourth-order valence-corrected chi connectivity index (χ4v) is 3.42. The van der Waals surface area contributed by atoms with Gasteiger partial charge in [-0.05, 0) is 58.2 Å². The molecule has 4 nitrogen and oxygen atoms in total. The van der Waals surface area contributed by atoms with Crippen molar-refractivity contribution in [3.63, 3.8) is 0 Å². The Morgan fingerprint density at radius 2 is 2.05 bits per heavy atom. The Morgan fingerprint density at radius 3 is 2.58 bits per heavy atom. The van der Waals surface area contributed by atoms with Crippen molar-refractivity contribution < 1.29 is 4.79 Å². The van der Waals surface area contributed by atoms with Crippen LogP contribution in [0.4, 0.5) is 0 Å². The normalized spacial score (nSPS) is 33.5. The lowest BCUT2D eigenvalue weighted by Crippen LogP contribution is -2.49. The highest BCUT2D eigenvalue weighted by atomic mass is 16.2. The van der Waals surface area contributed by atoms with Crippen molar-refractivity contribution >= 4 is 5.91 Å². The van der Waals surface area contributed by atoms with E-state index in [0.29, 0.717) is 5.92 Å². The van der Waals surface area contributed by atoms with E-state index in [1.165, 1.54) is 25.9 Å². The largest absolute Gasteiger partial charge is 0.355 e. The average Bonchev–Trinajstić information content (AvgIpc) is 2.78. The van der Waals surface area contributed by atoms with Crippen LogP contribution < -0.4 is 11.1 Å². The third-order valence-electron chi connectivity index (χ3n) is 5.25. The summed E-state index contributed by atoms with van der Waals surface area (Å²) >= 11 is 0. The van der Waals surface area contributed by atoms with E-state index in [0.717, 1.165) is 32.4 Å². The van der Waals surface area contributed by atoms with E-state index < -0.39 is 0 Å². The van der Waals surface area contributed by atoms with Gasteiger partial charge in [0.1, 0.15) is 0 Å². The molecule has 2 atom stereocenters. The Hall–Kier alpha value is -0.610. The Bertz CT molecular complexity index is 313. The molecule has 4 heteroatoms. The predicted octanol–water partition coefficient (Wildman–Crippen LogP) is 1.35. The Morgan fingerprint density at radius 1 is 1.37 bits per heavy atom. The number of piperidine rings is 1. The number of hydrogen-bond acceptors (Lipinski definition) is 3. The zero-order chi connectivity index (χ0) is 13.9. The molecule has 1 aliphatic heterocycles. The maximum Gasteiger partial charge on any atom is 0.227 e. The van der Waals surface area contributed by atoms with Crippen LogP contribution in [0.2, 0.25) is 0 Å². The molecule has 1 amide bonds. The number of likely N-dealkylation sites (tertiary alicyclic amines) is 1. The van der Waals surface area contributed by atoms with Gasteiger partial charge in [-0.1, -0.05) is 13.3 Å². The summed E-state index contributed by atoms with van der Waals surface area (Å²) in [6.45, 7) is 8.57. The number of nitrogens with two attached hydrogens (primary N) is 1. The van der Waals surface area contributed by atoms with Crippen LogP contribution >= 0.6 is 0 Å². The van der Waals surface area contributed by atoms with Crippen LogP contribution in [-0.2, 0) is 4.79 Å². The van der Waals surface area contributed by atoms with Crippen LogP contribution in [0.15, 0.2) is 0 Å². The van der Waals surface area contributed by atoms with E-state index >= 15 is 0 Å². The molecule has 1 saturated heterocycles. The molecule has 1 aliphatic carbocycles. The summed E-state index contributed by atoms with van der Waals surface area (Å²) in [4.78, 5) is 14.8. The summed E-state index contributed by atoms with van der Waals surface area (Å²) in [6, 6.07) is 0.0365. The summed E-state index contributed by atoms with van der Waals surface area (Å²) in [5.41, 5.74) is 5.76. The molecule has 0 aromatic heterocycles. The highest BCUT2D eigenvalue weighted by Crippen LogP contribution is 2.36. The van der Waals surface area contributed by atoms with Gasteiger partial charge >= 0.3 is 0 Å². The number of carbonyl (C=O) groups excluding carboxylic acids is 1. The number of nitrogens with zero attached hydrogens (tertiary/aromatic N) is 1. The maximum absolute atomic E-state index is 12.3. The monoisotopic (exact) mass is 267 g/mol. The number of nitrogens with one attached hydrogen (secondary N) is 1. The molecule has 2 fully saturated rings. The van der Waals surface area contributed by atoms with Gasteiger partial charge in [0.05, 0.1) is 5.41 Å². The van der Waals surface area contributed by atoms with Gasteiger partial charge in [0.2, 0.25) is 5.91 Å². The summed E-state index contributed by atoms with van der Waals surface area (Å²) in [5, 5.41) is 3.16. The summed E-state index contributed by atoms with van der Waals surface area (Å²) < 4.78 is 0. The van der Waals surface area contributed by atoms with E-state index in [9.17, 15) is 4.79 Å². The third-order valence-corrected chi connectivity index (χ3v) is 5.25. The molecule has 2 unspecified atom stereocenters. The molecule has 110 valence electrons. The van der Waals surface area contributed by atoms with Gasteiger partial charge in [-0.25, -0.2) is 0 Å². The molecule has 19 heavy (non-hydrogen) atoms. The van der Waals surface area contributed by atoms with Crippen LogP contribution in [-0.4, -0.2) is 43.0 Å². The molecule has 1 saturated carbocycles. The lowest BCUT2D eigenvalue weighted by Gasteiger charge is -2.33. The van der Waals surface area contributed by atoms with Crippen molar-refractivity contribution in [2.75, 3.05) is 26.2 Å². The molecular weight excluding hydrogens is 238 g/mol. The molecule has 0 bridgehead atoms. The fraction of sp³-hybridized carbons (Fsp3) is 0.933. The van der Waals surface area contributed by atoms with Crippen molar-refractivity contribution in [1.82, 2.24) is 10.2 Å². The quantitative estimate of drug-likeness (QED) is 0.808. The molecular formula is C15H29N3O. The highest BCUT2D eigenvalue weighted by molar-refractivity contribution is 5.83. The first-order valence-electron chi connectivity index (χ1n) is 7.82. The Labute approximate surface area is 117 Å². The van der Waals surface area contributed by atoms with E-state index in [4.69, 9.17) is 5.73 Å². The highest BCUT2D eigenvalue weighted by Gasteiger charge is 2.42. The summed E-state index contributed by atoms with van der Waals surface area (Å²) in [7, 11) is 0. The number of rotatable bonds is 4. The topological polar surface area (TPSA) is 58.4 Å². The van der Waals surface area contributed by atoms with Crippen LogP contribution in [0.1, 0.15) is 46.0 Å². The molecule has 0 aromatic carbocycles. The smallest absolute Gasteiger partial charge is 0.227 e. The Kier molecular flexibility index (Phi) is 4.85. The summed E-state index contributed by atoms with van der Waals surface area (Å²) in [5.74, 6) is 0.823. The van der Waals surface area contributed by atoms with Crippen molar-refractivity contribution in [3.8, 4) is 0 Å². The van der Waals surface area contributed by atoms with Gasteiger partial charge in [0, 0.05) is 12.6 Å². The van der Waals surface area contributed by atoms with E-state index in [2.05, 4.69) is 17.1 Å². The number of carbonyl (C=O) groups is 1. The Balaban J connectivity index is 1.75. The van der Waals surface area contributed by atoms with Gasteiger partial charge in [0.25, 0.3) is 0 Å². The molecule has 0 aromatic rings. The summed E-state index contributed by atoms with van der Waals surface area (Å²) in [6.07, 6.45) is 5.42. The molecule has 0 spiro atoms. The first-order chi connectivity index (χ1) is 9.06. The van der Waals surface area contributed by atoms with Crippen molar-refractivity contribution in [3.05, 3.63) is 0 Å². The lowest BCUT2D eigenvalue weighted by atomic mass is 9.84. The zero-order valence-electron chi connectivity index (χ0n) is 12.5. The average molecular weight is 267 g/mol. The van der Waals surface area contributed by atoms with Gasteiger partial charge in [-0.2, -0.15) is 0 Å². The zero-order valence-corrected chi connectivity index (χ0v) is 12.5. The molecule has 0 radical (unpaired) electrons. The van der Waals surface area contributed by atoms with Crippen molar-refractivity contribution in [2.24, 2.45) is 17.1 Å². The van der Waals surface area contributed by atoms with Crippen LogP contribution in [0.3, 0.4) is 0 Å². The third kappa shape index (κ3) is 3.29. The second-order valence-electron chi connectivity index (χ2n) is 6.50. The van der Waals surface area contributed by atoms with E-state index in [1.54, 1.807) is 0 Å². The van der Waals surface area contributed by atoms with Gasteiger partial charge in [-0.15, -0.1) is 0 Å². The predicted molar refractivity (Wildman–Crippen MR) is 77.8 cm³/mol. The van der Waals surface area contributed by atoms with Crippen LogP contribution in [0, 0.1) is 11.3 Å². The van der Waals surface area contributed by atoms with Crippen molar-refractivity contribution in [2.45, 2.75) is 52.0 Å². The van der Waals surface area contributed by atoms with Crippen LogP contribution in [0.5, 0.6) is 0 Å². The van der Waals surface area contributed by atoms with Crippen LogP contribution in [0.25, 0.3) is 0 Å². The number of hydrogen-bond donors (Lipinski definition) is 2. The second kappa shape index (κ2) is 6.23. The van der Waals surface area contributed by atoms with Crippen molar-refractivity contribution in [1.29, 1.82) is 0 Å². The first-order valence-corrected chi connectivity index (χ1v) is 7.82. The SMILES string of the molecule is CCN1CCC(CNC(=O)C2(C)CCCC2N)CC1. The van der Waals surface area contributed by atoms with E-state index in [-0.39, 0.29) is 17.4 Å². The molecule has 1 heterocycles. The van der Waals surface area contributed by atoms with Gasteiger partial charge in [-0.3, -0.25) is 4.79 Å². The van der Waals surface area contributed by atoms with Gasteiger partial charge in [0.15, 0.2) is 0 Å². The minimum absolute atomic E-state index is 0.0365. The standard InChI is InChI=1S/C15H29N3O/c1-3-18-9-6-12(7-10-18)11-17-14(19)15(2)8-4-5-13(15)16/h12-13H,3-11,16H2,1-2H3,(H,17,19). The number of amides is 1. The molecule has 2 aliphatic rings. The fourth-order valence-electron chi connectivity index (χ4n) is 3.42. The minimum atomic E-state index is -0.329.